The van der Waals surface area contributed by atoms with E-state index in [1.807, 2.05) is 6.92 Å². The minimum Gasteiger partial charge on any atom is -0.508 e. The molecule has 1 aromatic rings. The van der Waals surface area contributed by atoms with Crippen molar-refractivity contribution >= 4 is 5.97 Å². The number of carbonyl (C=O) groups is 1. The first-order valence-corrected chi connectivity index (χ1v) is 4.27. The van der Waals surface area contributed by atoms with Crippen LogP contribution in [-0.2, 0) is 4.79 Å². The van der Waals surface area contributed by atoms with E-state index in [0.29, 0.717) is 5.56 Å². The molecule has 0 spiro atoms. The van der Waals surface area contributed by atoms with Gasteiger partial charge in [-0.3, -0.25) is 4.79 Å². The average molecular weight is 195 g/mol. The van der Waals surface area contributed by atoms with E-state index in [2.05, 4.69) is 0 Å². The number of hydrogen-bond acceptors (Lipinski definition) is 3. The first kappa shape index (κ1) is 10.5. The second kappa shape index (κ2) is 4.11. The van der Waals surface area contributed by atoms with Crippen molar-refractivity contribution in [2.24, 2.45) is 5.73 Å². The Labute approximate surface area is 82.0 Å². The first-order valence-electron chi connectivity index (χ1n) is 4.27. The number of aliphatic carboxylic acids is 1. The van der Waals surface area contributed by atoms with Gasteiger partial charge in [0.25, 0.3) is 0 Å². The van der Waals surface area contributed by atoms with Crippen LogP contribution in [0.15, 0.2) is 18.2 Å². The molecule has 0 heterocycles. The monoisotopic (exact) mass is 195 g/mol. The van der Waals surface area contributed by atoms with Gasteiger partial charge >= 0.3 is 5.97 Å². The van der Waals surface area contributed by atoms with Crippen LogP contribution >= 0.6 is 0 Å². The van der Waals surface area contributed by atoms with Crippen LogP contribution in [0, 0.1) is 6.92 Å². The Morgan fingerprint density at radius 2 is 2.21 bits per heavy atom. The average Bonchev–Trinajstić information content (AvgIpc) is 2.08. The van der Waals surface area contributed by atoms with Gasteiger partial charge in [0, 0.05) is 6.04 Å². The Balaban J connectivity index is 2.93. The molecule has 0 aliphatic carbocycles. The van der Waals surface area contributed by atoms with E-state index in [0.717, 1.165) is 5.56 Å². The lowest BCUT2D eigenvalue weighted by Crippen LogP contribution is -2.15. The van der Waals surface area contributed by atoms with Gasteiger partial charge in [-0.05, 0) is 30.2 Å². The molecule has 0 bridgehead atoms. The molecule has 0 radical (unpaired) electrons. The smallest absolute Gasteiger partial charge is 0.305 e. The molecule has 0 amide bonds. The molecule has 4 nitrogen and oxygen atoms in total. The zero-order valence-electron chi connectivity index (χ0n) is 7.90. The zero-order chi connectivity index (χ0) is 10.7. The highest BCUT2D eigenvalue weighted by Crippen LogP contribution is 2.22. The molecule has 0 saturated carbocycles. The van der Waals surface area contributed by atoms with E-state index in [-0.39, 0.29) is 12.2 Å². The van der Waals surface area contributed by atoms with Crippen LogP contribution in [0.2, 0.25) is 0 Å². The van der Waals surface area contributed by atoms with Crippen LogP contribution in [0.25, 0.3) is 0 Å². The minimum absolute atomic E-state index is 0.103. The lowest BCUT2D eigenvalue weighted by atomic mass is 9.99. The number of phenols is 1. The van der Waals surface area contributed by atoms with E-state index >= 15 is 0 Å². The van der Waals surface area contributed by atoms with Gasteiger partial charge in [0.15, 0.2) is 0 Å². The maximum absolute atomic E-state index is 10.4. The van der Waals surface area contributed by atoms with Crippen LogP contribution in [0.3, 0.4) is 0 Å². The molecule has 1 aromatic carbocycles. The van der Waals surface area contributed by atoms with E-state index in [1.54, 1.807) is 12.1 Å². The minimum atomic E-state index is -0.944. The van der Waals surface area contributed by atoms with Gasteiger partial charge in [-0.25, -0.2) is 0 Å². The summed E-state index contributed by atoms with van der Waals surface area (Å²) in [4.78, 5) is 10.4. The maximum atomic E-state index is 10.4. The van der Waals surface area contributed by atoms with Crippen LogP contribution in [0.5, 0.6) is 5.75 Å². The summed E-state index contributed by atoms with van der Waals surface area (Å²) >= 11 is 0. The van der Waals surface area contributed by atoms with Gasteiger partial charge in [0.05, 0.1) is 6.42 Å². The van der Waals surface area contributed by atoms with Gasteiger partial charge < -0.3 is 15.9 Å². The molecule has 1 unspecified atom stereocenters. The quantitative estimate of drug-likeness (QED) is 0.676. The lowest BCUT2D eigenvalue weighted by Gasteiger charge is -2.12. The normalized spacial score (nSPS) is 12.4. The predicted octanol–water partition coefficient (Wildman–Crippen LogP) is 1.18. The second-order valence-corrected chi connectivity index (χ2v) is 3.25. The Kier molecular flexibility index (Phi) is 3.09. The summed E-state index contributed by atoms with van der Waals surface area (Å²) in [5.41, 5.74) is 7.23. The number of nitrogens with two attached hydrogens (primary N) is 1. The van der Waals surface area contributed by atoms with Crippen molar-refractivity contribution in [3.63, 3.8) is 0 Å². The van der Waals surface area contributed by atoms with E-state index in [1.165, 1.54) is 6.07 Å². The summed E-state index contributed by atoms with van der Waals surface area (Å²) in [6.45, 7) is 1.83. The summed E-state index contributed by atoms with van der Waals surface area (Å²) in [7, 11) is 0. The van der Waals surface area contributed by atoms with Crippen LogP contribution in [-0.4, -0.2) is 16.2 Å². The molecule has 76 valence electrons. The molecule has 14 heavy (non-hydrogen) atoms. The number of phenolic OH excluding ortho intramolecular Hbond substituents is 1. The number of rotatable bonds is 3. The van der Waals surface area contributed by atoms with Gasteiger partial charge in [-0.15, -0.1) is 0 Å². The van der Waals surface area contributed by atoms with Crippen molar-refractivity contribution in [3.05, 3.63) is 29.3 Å². The topological polar surface area (TPSA) is 83.5 Å². The first-order chi connectivity index (χ1) is 6.50. The summed E-state index contributed by atoms with van der Waals surface area (Å²) in [5, 5.41) is 17.8. The molecule has 1 atom stereocenters. The van der Waals surface area contributed by atoms with Crippen molar-refractivity contribution in [1.82, 2.24) is 0 Å². The van der Waals surface area contributed by atoms with Crippen LogP contribution in [0.4, 0.5) is 0 Å². The number of aromatic hydroxyl groups is 1. The van der Waals surface area contributed by atoms with Crippen molar-refractivity contribution in [1.29, 1.82) is 0 Å². The molecule has 0 aromatic heterocycles. The zero-order valence-corrected chi connectivity index (χ0v) is 7.90. The molecule has 0 aliphatic heterocycles. The van der Waals surface area contributed by atoms with Gasteiger partial charge in [-0.2, -0.15) is 0 Å². The highest BCUT2D eigenvalue weighted by atomic mass is 16.4. The third kappa shape index (κ3) is 2.47. The lowest BCUT2D eigenvalue weighted by molar-refractivity contribution is -0.137. The van der Waals surface area contributed by atoms with Gasteiger partial charge in [-0.1, -0.05) is 6.07 Å². The molecule has 1 rings (SSSR count). The van der Waals surface area contributed by atoms with E-state index < -0.39 is 12.0 Å². The molecule has 4 heteroatoms. The third-order valence-electron chi connectivity index (χ3n) is 2.06. The van der Waals surface area contributed by atoms with Gasteiger partial charge in [0.2, 0.25) is 0 Å². The molecule has 0 fully saturated rings. The Hall–Kier alpha value is -1.55. The highest BCUT2D eigenvalue weighted by molar-refractivity contribution is 5.68. The molecule has 4 N–H and O–H groups in total. The highest BCUT2D eigenvalue weighted by Gasteiger charge is 2.13. The molecule has 0 saturated heterocycles. The number of carboxylic acid groups (broad SMARTS) is 1. The van der Waals surface area contributed by atoms with Crippen LogP contribution in [0.1, 0.15) is 23.6 Å². The Morgan fingerprint density at radius 1 is 1.57 bits per heavy atom. The fourth-order valence-electron chi connectivity index (χ4n) is 1.33. The number of hydrogen-bond donors (Lipinski definition) is 3. The SMILES string of the molecule is Cc1ccc(O)cc1C(N)CC(=O)O. The Bertz CT molecular complexity index is 349. The van der Waals surface area contributed by atoms with E-state index in [9.17, 15) is 9.90 Å². The number of aryl methyl sites for hydroxylation is 1. The van der Waals surface area contributed by atoms with Crippen molar-refractivity contribution in [2.45, 2.75) is 19.4 Å². The molecule has 0 aliphatic rings. The summed E-state index contributed by atoms with van der Waals surface area (Å²) in [6.07, 6.45) is -0.135. The fraction of sp³-hybridized carbons (Fsp3) is 0.300. The second-order valence-electron chi connectivity index (χ2n) is 3.25. The van der Waals surface area contributed by atoms with Crippen molar-refractivity contribution < 1.29 is 15.0 Å². The molecular weight excluding hydrogens is 182 g/mol. The molecular formula is C10H13NO3. The fourth-order valence-corrected chi connectivity index (χ4v) is 1.33. The van der Waals surface area contributed by atoms with E-state index in [4.69, 9.17) is 10.8 Å². The third-order valence-corrected chi connectivity index (χ3v) is 2.06. The number of carboxylic acids is 1. The number of benzene rings is 1. The summed E-state index contributed by atoms with van der Waals surface area (Å²) in [6, 6.07) is 4.20. The standard InChI is InChI=1S/C10H13NO3/c1-6-2-3-7(12)4-8(6)9(11)5-10(13)14/h2-4,9,12H,5,11H2,1H3,(H,13,14). The van der Waals surface area contributed by atoms with Gasteiger partial charge in [0.1, 0.15) is 5.75 Å². The maximum Gasteiger partial charge on any atom is 0.305 e. The van der Waals surface area contributed by atoms with Crippen LogP contribution < -0.4 is 5.73 Å². The summed E-state index contributed by atoms with van der Waals surface area (Å²) in [5.74, 6) is -0.841. The largest absolute Gasteiger partial charge is 0.508 e. The van der Waals surface area contributed by atoms with Crippen molar-refractivity contribution in [2.75, 3.05) is 0 Å². The van der Waals surface area contributed by atoms with Crippen molar-refractivity contribution in [3.8, 4) is 5.75 Å². The summed E-state index contributed by atoms with van der Waals surface area (Å²) < 4.78 is 0. The predicted molar refractivity (Wildman–Crippen MR) is 52.0 cm³/mol. The Morgan fingerprint density at radius 3 is 2.79 bits per heavy atom.